The molecule has 1 unspecified atom stereocenters. The van der Waals surface area contributed by atoms with Crippen molar-refractivity contribution in [2.75, 3.05) is 46.2 Å². The summed E-state index contributed by atoms with van der Waals surface area (Å²) in [5.74, 6) is 1.10. The lowest BCUT2D eigenvalue weighted by atomic mass is 9.98. The van der Waals surface area contributed by atoms with Crippen molar-refractivity contribution >= 4 is 29.4 Å². The second-order valence-corrected chi connectivity index (χ2v) is 8.84. The Morgan fingerprint density at radius 2 is 1.90 bits per heavy atom. The predicted molar refractivity (Wildman–Crippen MR) is 117 cm³/mol. The van der Waals surface area contributed by atoms with Crippen LogP contribution in [0.2, 0.25) is 5.02 Å². The molecule has 2 rings (SSSR count). The summed E-state index contributed by atoms with van der Waals surface area (Å²) in [6.45, 7) is 7.23. The molecule has 1 heterocycles. The quantitative estimate of drug-likeness (QED) is 0.729. The van der Waals surface area contributed by atoms with Crippen molar-refractivity contribution < 1.29 is 23.8 Å². The summed E-state index contributed by atoms with van der Waals surface area (Å²) in [6, 6.07) is 3.00. The number of halogens is 1. The van der Waals surface area contributed by atoms with Gasteiger partial charge in [-0.15, -0.1) is 0 Å². The SMILES string of the molecule is COc1cc(OC)c(NC(=O)N2CCCC(CN(C)C(=O)OC(C)(C)C)C2)cc1Cl. The van der Waals surface area contributed by atoms with E-state index in [1.165, 1.54) is 14.2 Å². The van der Waals surface area contributed by atoms with Crippen LogP contribution in [0.25, 0.3) is 0 Å². The van der Waals surface area contributed by atoms with Gasteiger partial charge in [-0.3, -0.25) is 0 Å². The van der Waals surface area contributed by atoms with E-state index in [2.05, 4.69) is 5.32 Å². The van der Waals surface area contributed by atoms with Gasteiger partial charge in [0.2, 0.25) is 0 Å². The Balaban J connectivity index is 1.99. The highest BCUT2D eigenvalue weighted by Gasteiger charge is 2.28. The number of rotatable bonds is 5. The van der Waals surface area contributed by atoms with Crippen LogP contribution in [0.1, 0.15) is 33.6 Å². The van der Waals surface area contributed by atoms with Gasteiger partial charge in [0.05, 0.1) is 24.9 Å². The molecule has 0 aromatic heterocycles. The lowest BCUT2D eigenvalue weighted by Crippen LogP contribution is -2.46. The molecule has 0 radical (unpaired) electrons. The molecule has 1 aliphatic rings. The number of benzene rings is 1. The van der Waals surface area contributed by atoms with Crippen LogP contribution in [-0.2, 0) is 4.74 Å². The first-order valence-electron chi connectivity index (χ1n) is 9.95. The minimum atomic E-state index is -0.539. The lowest BCUT2D eigenvalue weighted by molar-refractivity contribution is 0.0253. The number of carbonyl (C=O) groups is 2. The maximum absolute atomic E-state index is 12.8. The van der Waals surface area contributed by atoms with E-state index in [1.807, 2.05) is 20.8 Å². The molecule has 1 saturated heterocycles. The summed E-state index contributed by atoms with van der Waals surface area (Å²) in [7, 11) is 4.75. The standard InChI is InChI=1S/C21H32ClN3O5/c1-21(2,3)30-20(27)24(4)12-14-8-7-9-25(13-14)19(26)23-16-10-15(22)17(28-5)11-18(16)29-6/h10-11,14H,7-9,12-13H2,1-6H3,(H,23,26). The Hall–Kier alpha value is -2.35. The van der Waals surface area contributed by atoms with E-state index in [0.717, 1.165) is 12.8 Å². The monoisotopic (exact) mass is 441 g/mol. The molecule has 30 heavy (non-hydrogen) atoms. The highest BCUT2D eigenvalue weighted by Crippen LogP contribution is 2.36. The summed E-state index contributed by atoms with van der Waals surface area (Å²) in [6.07, 6.45) is 1.44. The number of urea groups is 1. The minimum Gasteiger partial charge on any atom is -0.495 e. The highest BCUT2D eigenvalue weighted by atomic mass is 35.5. The molecule has 0 bridgehead atoms. The predicted octanol–water partition coefficient (Wildman–Crippen LogP) is 4.47. The van der Waals surface area contributed by atoms with Gasteiger partial charge in [0, 0.05) is 32.7 Å². The number of hydrogen-bond acceptors (Lipinski definition) is 5. The third kappa shape index (κ3) is 6.58. The molecule has 9 heteroatoms. The van der Waals surface area contributed by atoms with Crippen LogP contribution in [-0.4, -0.2) is 68.4 Å². The number of amides is 3. The van der Waals surface area contributed by atoms with E-state index in [1.54, 1.807) is 29.0 Å². The summed E-state index contributed by atoms with van der Waals surface area (Å²) < 4.78 is 15.9. The van der Waals surface area contributed by atoms with Gasteiger partial charge in [-0.25, -0.2) is 9.59 Å². The third-order valence-corrected chi connectivity index (χ3v) is 5.05. The molecule has 3 amide bonds. The molecule has 8 nitrogen and oxygen atoms in total. The lowest BCUT2D eigenvalue weighted by Gasteiger charge is -2.35. The summed E-state index contributed by atoms with van der Waals surface area (Å²) >= 11 is 6.19. The van der Waals surface area contributed by atoms with Crippen molar-refractivity contribution in [3.05, 3.63) is 17.2 Å². The number of nitrogens with one attached hydrogen (secondary N) is 1. The Labute approximate surface area is 183 Å². The number of nitrogens with zero attached hydrogens (tertiary/aromatic N) is 2. The number of hydrogen-bond donors (Lipinski definition) is 1. The first kappa shape index (κ1) is 23.9. The van der Waals surface area contributed by atoms with Crippen LogP contribution in [0.15, 0.2) is 12.1 Å². The van der Waals surface area contributed by atoms with Crippen LogP contribution < -0.4 is 14.8 Å². The minimum absolute atomic E-state index is 0.170. The Morgan fingerprint density at radius 1 is 1.23 bits per heavy atom. The van der Waals surface area contributed by atoms with E-state index in [9.17, 15) is 9.59 Å². The largest absolute Gasteiger partial charge is 0.495 e. The van der Waals surface area contributed by atoms with Crippen LogP contribution in [0, 0.1) is 5.92 Å². The van der Waals surface area contributed by atoms with Gasteiger partial charge in [0.1, 0.15) is 17.1 Å². The zero-order valence-electron chi connectivity index (χ0n) is 18.6. The third-order valence-electron chi connectivity index (χ3n) is 4.76. The summed E-state index contributed by atoms with van der Waals surface area (Å²) in [5.41, 5.74) is -0.0657. The van der Waals surface area contributed by atoms with Crippen LogP contribution in [0.3, 0.4) is 0 Å². The molecule has 0 spiro atoms. The summed E-state index contributed by atoms with van der Waals surface area (Å²) in [5, 5.41) is 3.25. The fourth-order valence-corrected chi connectivity index (χ4v) is 3.59. The smallest absolute Gasteiger partial charge is 0.410 e. The molecule has 1 fully saturated rings. The molecule has 168 valence electrons. The molecule has 0 aliphatic carbocycles. The molecular weight excluding hydrogens is 410 g/mol. The first-order valence-corrected chi connectivity index (χ1v) is 10.3. The molecule has 0 saturated carbocycles. The fraction of sp³-hybridized carbons (Fsp3) is 0.619. The summed E-state index contributed by atoms with van der Waals surface area (Å²) in [4.78, 5) is 28.4. The second kappa shape index (κ2) is 10.1. The molecule has 1 N–H and O–H groups in total. The maximum Gasteiger partial charge on any atom is 0.410 e. The van der Waals surface area contributed by atoms with E-state index in [-0.39, 0.29) is 18.0 Å². The van der Waals surface area contributed by atoms with Crippen LogP contribution in [0.4, 0.5) is 15.3 Å². The van der Waals surface area contributed by atoms with Gasteiger partial charge in [-0.2, -0.15) is 0 Å². The van der Waals surface area contributed by atoms with Crippen LogP contribution in [0.5, 0.6) is 11.5 Å². The van der Waals surface area contributed by atoms with Gasteiger partial charge in [-0.1, -0.05) is 11.6 Å². The molecule has 1 atom stereocenters. The number of carbonyl (C=O) groups excluding carboxylic acids is 2. The zero-order valence-corrected chi connectivity index (χ0v) is 19.3. The van der Waals surface area contributed by atoms with Gasteiger partial charge in [-0.05, 0) is 45.6 Å². The van der Waals surface area contributed by atoms with E-state index < -0.39 is 5.60 Å². The van der Waals surface area contributed by atoms with Gasteiger partial charge >= 0.3 is 12.1 Å². The van der Waals surface area contributed by atoms with E-state index >= 15 is 0 Å². The molecule has 1 aromatic carbocycles. The van der Waals surface area contributed by atoms with E-state index in [4.69, 9.17) is 25.8 Å². The molecule has 1 aliphatic heterocycles. The maximum atomic E-state index is 12.8. The molecular formula is C21H32ClN3O5. The average Bonchev–Trinajstić information content (AvgIpc) is 2.67. The number of likely N-dealkylation sites (tertiary alicyclic amines) is 1. The number of ether oxygens (including phenoxy) is 3. The Bertz CT molecular complexity index is 766. The van der Waals surface area contributed by atoms with Crippen LogP contribution >= 0.6 is 11.6 Å². The van der Waals surface area contributed by atoms with Crippen molar-refractivity contribution in [3.63, 3.8) is 0 Å². The topological polar surface area (TPSA) is 80.3 Å². The van der Waals surface area contributed by atoms with Crippen molar-refractivity contribution in [1.82, 2.24) is 9.80 Å². The average molecular weight is 442 g/mol. The van der Waals surface area contributed by atoms with Crippen molar-refractivity contribution in [2.45, 2.75) is 39.2 Å². The van der Waals surface area contributed by atoms with Crippen molar-refractivity contribution in [2.24, 2.45) is 5.92 Å². The number of piperidine rings is 1. The van der Waals surface area contributed by atoms with Crippen molar-refractivity contribution in [1.29, 1.82) is 0 Å². The van der Waals surface area contributed by atoms with Gasteiger partial charge in [0.25, 0.3) is 0 Å². The zero-order chi connectivity index (χ0) is 22.5. The van der Waals surface area contributed by atoms with Gasteiger partial charge in [0.15, 0.2) is 0 Å². The van der Waals surface area contributed by atoms with Crippen molar-refractivity contribution in [3.8, 4) is 11.5 Å². The Morgan fingerprint density at radius 3 is 2.50 bits per heavy atom. The number of methoxy groups -OCH3 is 2. The normalized spacial score (nSPS) is 16.6. The fourth-order valence-electron chi connectivity index (χ4n) is 3.35. The van der Waals surface area contributed by atoms with E-state index in [0.29, 0.717) is 41.8 Å². The number of anilines is 1. The Kier molecular flexibility index (Phi) is 8.06. The molecule has 1 aromatic rings. The first-order chi connectivity index (χ1) is 14.0. The highest BCUT2D eigenvalue weighted by molar-refractivity contribution is 6.32. The van der Waals surface area contributed by atoms with Gasteiger partial charge < -0.3 is 29.3 Å². The second-order valence-electron chi connectivity index (χ2n) is 8.43.